The second-order valence-electron chi connectivity index (χ2n) is 1.95. The minimum Gasteiger partial charge on any atom is -0.348 e. The van der Waals surface area contributed by atoms with Crippen LogP contribution in [-0.4, -0.2) is 11.9 Å². The fourth-order valence-electron chi connectivity index (χ4n) is 0.886. The maximum Gasteiger partial charge on any atom is 0.229 e. The summed E-state index contributed by atoms with van der Waals surface area (Å²) in [4.78, 5) is 10.3. The third kappa shape index (κ3) is 0.204. The van der Waals surface area contributed by atoms with E-state index >= 15 is 0 Å². The van der Waals surface area contributed by atoms with E-state index < -0.39 is 0 Å². The minimum absolute atomic E-state index is 0.188. The van der Waals surface area contributed by atoms with Crippen LogP contribution in [0, 0.1) is 5.92 Å². The summed E-state index contributed by atoms with van der Waals surface area (Å²) >= 11 is 0. The third-order valence-electron chi connectivity index (χ3n) is 1.52. The molecule has 2 atom stereocenters. The zero-order valence-corrected chi connectivity index (χ0v) is 3.72. The summed E-state index contributed by atoms with van der Waals surface area (Å²) in [6, 6.07) is 0.410. The van der Waals surface area contributed by atoms with Crippen molar-refractivity contribution in [3.8, 4) is 0 Å². The quantitative estimate of drug-likeness (QED) is 0.324. The van der Waals surface area contributed by atoms with Crippen LogP contribution >= 0.6 is 0 Å². The number of amides is 1. The summed E-state index contributed by atoms with van der Waals surface area (Å²) in [5.41, 5.74) is 0. The molecule has 0 saturated carbocycles. The van der Waals surface area contributed by atoms with Crippen LogP contribution in [0.2, 0.25) is 0 Å². The van der Waals surface area contributed by atoms with Crippen LogP contribution in [-0.2, 0) is 4.79 Å². The average Bonchev–Trinajstić information content (AvgIpc) is 1.59. The lowest BCUT2D eigenvalue weighted by molar-refractivity contribution is -0.132. The summed E-state index contributed by atoms with van der Waals surface area (Å²) in [6.45, 7) is 0. The first-order valence-corrected chi connectivity index (χ1v) is 2.36. The molecule has 36 valence electrons. The van der Waals surface area contributed by atoms with Gasteiger partial charge >= 0.3 is 0 Å². The molecule has 1 heterocycles. The zero-order valence-electron chi connectivity index (χ0n) is 3.72. The third-order valence-corrected chi connectivity index (χ3v) is 1.52. The highest BCUT2D eigenvalue weighted by molar-refractivity contribution is 5.90. The molecule has 0 spiro atoms. The van der Waals surface area contributed by atoms with Gasteiger partial charge < -0.3 is 5.32 Å². The van der Waals surface area contributed by atoms with E-state index in [1.54, 1.807) is 0 Å². The Labute approximate surface area is 41.2 Å². The molecule has 1 aliphatic carbocycles. The lowest BCUT2D eigenvalue weighted by atomic mass is 9.81. The summed E-state index contributed by atoms with van der Waals surface area (Å²) in [5.74, 6) is 0.438. The van der Waals surface area contributed by atoms with Crippen molar-refractivity contribution < 1.29 is 4.79 Å². The SMILES string of the molecule is O=C1NC2C=C[C@@H]12. The highest BCUT2D eigenvalue weighted by Gasteiger charge is 2.40. The Bertz CT molecular complexity index is 150. The molecule has 7 heavy (non-hydrogen) atoms. The molecule has 1 saturated heterocycles. The first-order valence-electron chi connectivity index (χ1n) is 2.36. The van der Waals surface area contributed by atoms with Crippen molar-refractivity contribution >= 4 is 5.91 Å². The van der Waals surface area contributed by atoms with Crippen molar-refractivity contribution in [1.82, 2.24) is 5.32 Å². The normalized spacial score (nSPS) is 43.1. The molecule has 1 aliphatic heterocycles. The van der Waals surface area contributed by atoms with Gasteiger partial charge in [0, 0.05) is 0 Å². The highest BCUT2D eigenvalue weighted by Crippen LogP contribution is 2.25. The monoisotopic (exact) mass is 95.0 g/mol. The molecule has 0 aromatic rings. The van der Waals surface area contributed by atoms with Crippen molar-refractivity contribution in [2.75, 3.05) is 0 Å². The average molecular weight is 95.1 g/mol. The van der Waals surface area contributed by atoms with Crippen LogP contribution < -0.4 is 5.32 Å². The molecule has 1 N–H and O–H groups in total. The summed E-state index contributed by atoms with van der Waals surface area (Å²) < 4.78 is 0. The van der Waals surface area contributed by atoms with Gasteiger partial charge in [-0.1, -0.05) is 12.2 Å². The fourth-order valence-corrected chi connectivity index (χ4v) is 0.886. The lowest BCUT2D eigenvalue weighted by Gasteiger charge is -2.38. The Morgan fingerprint density at radius 3 is 2.43 bits per heavy atom. The van der Waals surface area contributed by atoms with Crippen LogP contribution in [0.4, 0.5) is 0 Å². The van der Waals surface area contributed by atoms with E-state index in [0.717, 1.165) is 0 Å². The second kappa shape index (κ2) is 0.735. The number of hydrogen-bond donors (Lipinski definition) is 1. The molecule has 1 fully saturated rings. The van der Waals surface area contributed by atoms with E-state index in [4.69, 9.17) is 0 Å². The van der Waals surface area contributed by atoms with E-state index in [9.17, 15) is 4.79 Å². The van der Waals surface area contributed by atoms with E-state index in [1.165, 1.54) is 0 Å². The maximum atomic E-state index is 10.3. The number of rotatable bonds is 0. The smallest absolute Gasteiger partial charge is 0.229 e. The molecule has 2 rings (SSSR count). The van der Waals surface area contributed by atoms with Gasteiger partial charge in [-0.25, -0.2) is 0 Å². The molecule has 2 nitrogen and oxygen atoms in total. The van der Waals surface area contributed by atoms with Gasteiger partial charge in [-0.05, 0) is 0 Å². The molecular formula is C5H5NO. The second-order valence-corrected chi connectivity index (χ2v) is 1.95. The molecular weight excluding hydrogens is 90.1 g/mol. The van der Waals surface area contributed by atoms with Crippen LogP contribution in [0.5, 0.6) is 0 Å². The van der Waals surface area contributed by atoms with E-state index in [1.807, 2.05) is 12.2 Å². The number of nitrogens with one attached hydrogen (secondary N) is 1. The number of carbonyl (C=O) groups is 1. The number of hydrogen-bond acceptors (Lipinski definition) is 1. The predicted molar refractivity (Wildman–Crippen MR) is 24.6 cm³/mol. The molecule has 2 heteroatoms. The highest BCUT2D eigenvalue weighted by atomic mass is 16.2. The number of fused-ring (bicyclic) bond motifs is 1. The predicted octanol–water partition coefficient (Wildman–Crippen LogP) is -0.329. The first-order chi connectivity index (χ1) is 3.38. The van der Waals surface area contributed by atoms with Crippen molar-refractivity contribution in [2.24, 2.45) is 5.92 Å². The summed E-state index contributed by atoms with van der Waals surface area (Å²) in [7, 11) is 0. The summed E-state index contributed by atoms with van der Waals surface area (Å²) in [5, 5.41) is 2.72. The van der Waals surface area contributed by atoms with Crippen molar-refractivity contribution in [2.45, 2.75) is 6.04 Å². The van der Waals surface area contributed by atoms with Gasteiger partial charge in [0.2, 0.25) is 5.91 Å². The van der Waals surface area contributed by atoms with Gasteiger partial charge in [-0.15, -0.1) is 0 Å². The van der Waals surface area contributed by atoms with E-state index in [2.05, 4.69) is 5.32 Å². The maximum absolute atomic E-state index is 10.3. The molecule has 0 aromatic carbocycles. The Morgan fingerprint density at radius 2 is 2.43 bits per heavy atom. The van der Waals surface area contributed by atoms with Crippen LogP contribution in [0.3, 0.4) is 0 Å². The van der Waals surface area contributed by atoms with Crippen molar-refractivity contribution in [3.05, 3.63) is 12.2 Å². The van der Waals surface area contributed by atoms with Crippen LogP contribution in [0.1, 0.15) is 0 Å². The van der Waals surface area contributed by atoms with Gasteiger partial charge in [0.05, 0.1) is 12.0 Å². The van der Waals surface area contributed by atoms with Crippen LogP contribution in [0.15, 0.2) is 12.2 Å². The Hall–Kier alpha value is -0.790. The number of carbonyl (C=O) groups excluding carboxylic acids is 1. The minimum atomic E-state index is 0.188. The van der Waals surface area contributed by atoms with Gasteiger partial charge in [-0.2, -0.15) is 0 Å². The summed E-state index contributed by atoms with van der Waals surface area (Å²) in [6.07, 6.45) is 3.94. The fraction of sp³-hybridized carbons (Fsp3) is 0.400. The van der Waals surface area contributed by atoms with E-state index in [0.29, 0.717) is 6.04 Å². The van der Waals surface area contributed by atoms with Gasteiger partial charge in [0.1, 0.15) is 0 Å². The van der Waals surface area contributed by atoms with Gasteiger partial charge in [0.15, 0.2) is 0 Å². The molecule has 1 amide bonds. The standard InChI is InChI=1S/C5H5NO/c7-5-3-1-2-4(3)6-5/h1-4H,(H,6,7)/t3-,4?/m1/s1. The molecule has 2 aliphatic rings. The first kappa shape index (κ1) is 3.24. The van der Waals surface area contributed by atoms with Crippen molar-refractivity contribution in [3.63, 3.8) is 0 Å². The molecule has 0 aromatic heterocycles. The molecule has 0 radical (unpaired) electrons. The number of β-lactam (4-membered cyclic amide) rings is 1. The largest absolute Gasteiger partial charge is 0.348 e. The Balaban J connectivity index is 2.29. The molecule has 0 bridgehead atoms. The van der Waals surface area contributed by atoms with Crippen LogP contribution in [0.25, 0.3) is 0 Å². The molecule has 1 unspecified atom stereocenters. The van der Waals surface area contributed by atoms with Crippen molar-refractivity contribution in [1.29, 1.82) is 0 Å². The lowest BCUT2D eigenvalue weighted by Crippen LogP contribution is -2.60. The Kier molecular flexibility index (Phi) is 0.340. The zero-order chi connectivity index (χ0) is 4.85. The Morgan fingerprint density at radius 1 is 1.57 bits per heavy atom. The van der Waals surface area contributed by atoms with E-state index in [-0.39, 0.29) is 11.8 Å². The topological polar surface area (TPSA) is 29.1 Å². The van der Waals surface area contributed by atoms with Gasteiger partial charge in [0.25, 0.3) is 0 Å². The van der Waals surface area contributed by atoms with Gasteiger partial charge in [-0.3, -0.25) is 4.79 Å².